The van der Waals surface area contributed by atoms with Gasteiger partial charge in [0.15, 0.2) is 0 Å². The SMILES string of the molecule is CO[C@@H]1C[C@@H](COc2cccnc2)N(C(=O)c2cn3ccccc3n2)C1. The lowest BCUT2D eigenvalue weighted by molar-refractivity contribution is 0.0653. The molecule has 7 nitrogen and oxygen atoms in total. The van der Waals surface area contributed by atoms with Crippen molar-refractivity contribution in [3.05, 3.63) is 60.8 Å². The molecule has 26 heavy (non-hydrogen) atoms. The second kappa shape index (κ2) is 7.13. The number of nitrogens with zero attached hydrogens (tertiary/aromatic N) is 4. The van der Waals surface area contributed by atoms with Crippen LogP contribution in [-0.2, 0) is 4.74 Å². The van der Waals surface area contributed by atoms with Crippen LogP contribution in [-0.4, -0.2) is 57.6 Å². The number of rotatable bonds is 5. The first-order chi connectivity index (χ1) is 12.7. The predicted molar refractivity (Wildman–Crippen MR) is 95.2 cm³/mol. The Labute approximate surface area is 151 Å². The summed E-state index contributed by atoms with van der Waals surface area (Å²) in [5, 5.41) is 0. The zero-order valence-electron chi connectivity index (χ0n) is 14.5. The first-order valence-corrected chi connectivity index (χ1v) is 8.55. The number of pyridine rings is 2. The minimum absolute atomic E-state index is 0.00141. The van der Waals surface area contributed by atoms with E-state index >= 15 is 0 Å². The molecule has 1 amide bonds. The van der Waals surface area contributed by atoms with Crippen LogP contribution in [0.15, 0.2) is 55.1 Å². The number of fused-ring (bicyclic) bond motifs is 1. The van der Waals surface area contributed by atoms with Crippen LogP contribution in [0.5, 0.6) is 5.75 Å². The highest BCUT2D eigenvalue weighted by Crippen LogP contribution is 2.23. The molecule has 0 N–H and O–H groups in total. The maximum Gasteiger partial charge on any atom is 0.274 e. The molecule has 0 aromatic carbocycles. The monoisotopic (exact) mass is 352 g/mol. The lowest BCUT2D eigenvalue weighted by atomic mass is 10.2. The van der Waals surface area contributed by atoms with Crippen molar-refractivity contribution in [2.75, 3.05) is 20.3 Å². The lowest BCUT2D eigenvalue weighted by Crippen LogP contribution is -2.39. The van der Waals surface area contributed by atoms with E-state index in [-0.39, 0.29) is 18.1 Å². The van der Waals surface area contributed by atoms with Gasteiger partial charge in [0.1, 0.15) is 23.7 Å². The third kappa shape index (κ3) is 3.25. The number of likely N-dealkylation sites (tertiary alicyclic amines) is 1. The zero-order valence-corrected chi connectivity index (χ0v) is 14.5. The Kier molecular flexibility index (Phi) is 4.53. The van der Waals surface area contributed by atoms with E-state index in [0.29, 0.717) is 24.6 Å². The number of carbonyl (C=O) groups excluding carboxylic acids is 1. The summed E-state index contributed by atoms with van der Waals surface area (Å²) in [6.07, 6.45) is 7.73. The Hall–Kier alpha value is -2.93. The van der Waals surface area contributed by atoms with Crippen LogP contribution >= 0.6 is 0 Å². The summed E-state index contributed by atoms with van der Waals surface area (Å²) in [5.74, 6) is 0.585. The van der Waals surface area contributed by atoms with Crippen molar-refractivity contribution in [3.63, 3.8) is 0 Å². The molecule has 0 saturated carbocycles. The fraction of sp³-hybridized carbons (Fsp3) is 0.316. The van der Waals surface area contributed by atoms with Crippen molar-refractivity contribution < 1.29 is 14.3 Å². The van der Waals surface area contributed by atoms with Gasteiger partial charge >= 0.3 is 0 Å². The van der Waals surface area contributed by atoms with Crippen molar-refractivity contribution in [1.29, 1.82) is 0 Å². The molecular formula is C19H20N4O3. The molecule has 3 aromatic rings. The summed E-state index contributed by atoms with van der Waals surface area (Å²) < 4.78 is 13.1. The standard InChI is InChI=1S/C19H20N4O3/c1-25-16-9-14(13-26-15-5-4-7-20-10-15)23(11-16)19(24)17-12-22-8-3-2-6-18(22)21-17/h2-8,10,12,14,16H,9,11,13H2,1H3/t14-,16+/m0/s1. The van der Waals surface area contributed by atoms with Crippen LogP contribution < -0.4 is 4.74 Å². The molecule has 4 rings (SSSR count). The minimum Gasteiger partial charge on any atom is -0.490 e. The number of methoxy groups -OCH3 is 1. The molecule has 2 atom stereocenters. The van der Waals surface area contributed by atoms with Gasteiger partial charge in [0.25, 0.3) is 5.91 Å². The van der Waals surface area contributed by atoms with E-state index in [1.807, 2.05) is 40.9 Å². The number of imidazole rings is 1. The van der Waals surface area contributed by atoms with E-state index in [4.69, 9.17) is 9.47 Å². The van der Waals surface area contributed by atoms with Gasteiger partial charge in [-0.1, -0.05) is 6.07 Å². The molecule has 4 heterocycles. The molecule has 1 aliphatic rings. The molecule has 1 fully saturated rings. The highest BCUT2D eigenvalue weighted by molar-refractivity contribution is 5.93. The number of hydrogen-bond acceptors (Lipinski definition) is 5. The van der Waals surface area contributed by atoms with Gasteiger partial charge in [-0.3, -0.25) is 9.78 Å². The van der Waals surface area contributed by atoms with Gasteiger partial charge in [0, 0.05) is 32.2 Å². The number of ether oxygens (including phenoxy) is 2. The fourth-order valence-electron chi connectivity index (χ4n) is 3.26. The second-order valence-electron chi connectivity index (χ2n) is 6.30. The summed E-state index contributed by atoms with van der Waals surface area (Å²) in [6.45, 7) is 0.926. The summed E-state index contributed by atoms with van der Waals surface area (Å²) in [7, 11) is 1.67. The van der Waals surface area contributed by atoms with E-state index in [2.05, 4.69) is 9.97 Å². The van der Waals surface area contributed by atoms with Crippen LogP contribution in [0.4, 0.5) is 0 Å². The van der Waals surface area contributed by atoms with E-state index in [0.717, 1.165) is 12.1 Å². The zero-order chi connectivity index (χ0) is 17.9. The van der Waals surface area contributed by atoms with Gasteiger partial charge in [-0.25, -0.2) is 4.98 Å². The topological polar surface area (TPSA) is 69.0 Å². The Morgan fingerprint density at radius 3 is 3.00 bits per heavy atom. The van der Waals surface area contributed by atoms with E-state index in [9.17, 15) is 4.79 Å². The number of aromatic nitrogens is 3. The molecule has 1 saturated heterocycles. The summed E-state index contributed by atoms with van der Waals surface area (Å²) >= 11 is 0. The maximum absolute atomic E-state index is 13.0. The highest BCUT2D eigenvalue weighted by atomic mass is 16.5. The minimum atomic E-state index is -0.104. The normalized spacial score (nSPS) is 19.8. The molecule has 134 valence electrons. The molecule has 1 aliphatic heterocycles. The van der Waals surface area contributed by atoms with E-state index in [1.54, 1.807) is 30.6 Å². The molecule has 0 unspecified atom stereocenters. The molecule has 7 heteroatoms. The van der Waals surface area contributed by atoms with Crippen LogP contribution in [0.25, 0.3) is 5.65 Å². The van der Waals surface area contributed by atoms with Crippen molar-refractivity contribution in [1.82, 2.24) is 19.3 Å². The third-order valence-electron chi connectivity index (χ3n) is 4.63. The van der Waals surface area contributed by atoms with E-state index in [1.165, 1.54) is 0 Å². The van der Waals surface area contributed by atoms with Crippen LogP contribution in [0, 0.1) is 0 Å². The van der Waals surface area contributed by atoms with Crippen molar-refractivity contribution >= 4 is 11.6 Å². The Bertz CT molecular complexity index is 863. The quantitative estimate of drug-likeness (QED) is 0.703. The van der Waals surface area contributed by atoms with Crippen LogP contribution in [0.2, 0.25) is 0 Å². The maximum atomic E-state index is 13.0. The summed E-state index contributed by atoms with van der Waals surface area (Å²) in [4.78, 5) is 23.3. The van der Waals surface area contributed by atoms with Gasteiger partial charge in [0.05, 0.1) is 18.3 Å². The molecule has 0 spiro atoms. The van der Waals surface area contributed by atoms with Gasteiger partial charge < -0.3 is 18.8 Å². The molecule has 0 bridgehead atoms. The van der Waals surface area contributed by atoms with Crippen molar-refractivity contribution in [2.24, 2.45) is 0 Å². The van der Waals surface area contributed by atoms with Crippen LogP contribution in [0.3, 0.4) is 0 Å². The first-order valence-electron chi connectivity index (χ1n) is 8.55. The van der Waals surface area contributed by atoms with Gasteiger partial charge in [0.2, 0.25) is 0 Å². The predicted octanol–water partition coefficient (Wildman–Crippen LogP) is 2.04. The Balaban J connectivity index is 1.52. The average Bonchev–Trinajstić information content (AvgIpc) is 3.30. The molecule has 0 radical (unpaired) electrons. The second-order valence-corrected chi connectivity index (χ2v) is 6.30. The molecular weight excluding hydrogens is 332 g/mol. The molecule has 3 aromatic heterocycles. The third-order valence-corrected chi connectivity index (χ3v) is 4.63. The average molecular weight is 352 g/mol. The summed E-state index contributed by atoms with van der Waals surface area (Å²) in [6, 6.07) is 9.28. The smallest absolute Gasteiger partial charge is 0.274 e. The van der Waals surface area contributed by atoms with Crippen LogP contribution in [0.1, 0.15) is 16.9 Å². The van der Waals surface area contributed by atoms with Crippen molar-refractivity contribution in [2.45, 2.75) is 18.6 Å². The largest absolute Gasteiger partial charge is 0.490 e. The fourth-order valence-corrected chi connectivity index (χ4v) is 3.26. The van der Waals surface area contributed by atoms with E-state index < -0.39 is 0 Å². The number of amides is 1. The highest BCUT2D eigenvalue weighted by Gasteiger charge is 2.37. The summed E-state index contributed by atoms with van der Waals surface area (Å²) in [5.41, 5.74) is 1.18. The van der Waals surface area contributed by atoms with Gasteiger partial charge in [-0.2, -0.15) is 0 Å². The van der Waals surface area contributed by atoms with Crippen molar-refractivity contribution in [3.8, 4) is 5.75 Å². The molecule has 0 aliphatic carbocycles. The first kappa shape index (κ1) is 16.5. The lowest BCUT2D eigenvalue weighted by Gasteiger charge is -2.23. The van der Waals surface area contributed by atoms with Gasteiger partial charge in [-0.15, -0.1) is 0 Å². The number of carbonyl (C=O) groups is 1. The Morgan fingerprint density at radius 1 is 1.31 bits per heavy atom. The Morgan fingerprint density at radius 2 is 2.23 bits per heavy atom. The number of hydrogen-bond donors (Lipinski definition) is 0. The van der Waals surface area contributed by atoms with Gasteiger partial charge in [-0.05, 0) is 30.7 Å².